The van der Waals surface area contributed by atoms with Gasteiger partial charge in [0.1, 0.15) is 0 Å². The Hall–Kier alpha value is -1.69. The molecule has 23 heavy (non-hydrogen) atoms. The van der Waals surface area contributed by atoms with Gasteiger partial charge in [-0.1, -0.05) is 26.0 Å². The van der Waals surface area contributed by atoms with E-state index in [1.54, 1.807) is 17.0 Å². The van der Waals surface area contributed by atoms with Crippen molar-refractivity contribution in [1.29, 1.82) is 0 Å². The average molecular weight is 388 g/mol. The number of carbonyl (C=O) groups excluding carboxylic acids is 1. The molecule has 1 aromatic carbocycles. The molecular formula is C17H17BrF3NO. The third-order valence-corrected chi connectivity index (χ3v) is 3.44. The van der Waals surface area contributed by atoms with Gasteiger partial charge in [0.05, 0.1) is 5.56 Å². The van der Waals surface area contributed by atoms with Crippen LogP contribution in [0.3, 0.4) is 0 Å². The Bertz CT molecular complexity index is 649. The van der Waals surface area contributed by atoms with Crippen LogP contribution in [0.4, 0.5) is 13.2 Å². The summed E-state index contributed by atoms with van der Waals surface area (Å²) in [6.07, 6.45) is -0.780. The zero-order chi connectivity index (χ0) is 16.3. The second-order valence-electron chi connectivity index (χ2n) is 5.46. The minimum atomic E-state index is -4.39. The molecule has 0 aliphatic carbocycles. The van der Waals surface area contributed by atoms with Gasteiger partial charge in [0, 0.05) is 17.7 Å². The molecule has 2 nitrogen and oxygen atoms in total. The van der Waals surface area contributed by atoms with E-state index in [1.165, 1.54) is 17.7 Å². The van der Waals surface area contributed by atoms with Gasteiger partial charge >= 0.3 is 6.18 Å². The molecule has 0 N–H and O–H groups in total. The molecule has 0 aliphatic rings. The zero-order valence-corrected chi connectivity index (χ0v) is 14.4. The zero-order valence-electron chi connectivity index (χ0n) is 12.8. The fourth-order valence-corrected chi connectivity index (χ4v) is 2.06. The number of hydrogen-bond acceptors (Lipinski definition) is 1. The van der Waals surface area contributed by atoms with Gasteiger partial charge in [0.25, 0.3) is 0 Å². The van der Waals surface area contributed by atoms with Gasteiger partial charge in [0.15, 0.2) is 12.4 Å². The molecule has 0 radical (unpaired) electrons. The normalized spacial score (nSPS) is 11.2. The van der Waals surface area contributed by atoms with E-state index in [2.05, 4.69) is 13.8 Å². The lowest BCUT2D eigenvalue weighted by Gasteiger charge is -2.06. The SMILES string of the molecule is CC(C)c1cc[n+](CC(=O)c2ccc(C(F)(F)F)cc2)cc1.[Br-]. The second kappa shape index (κ2) is 7.73. The molecule has 0 unspecified atom stereocenters. The molecule has 0 fully saturated rings. The Morgan fingerprint density at radius 3 is 2.00 bits per heavy atom. The summed E-state index contributed by atoms with van der Waals surface area (Å²) in [5.74, 6) is 0.177. The maximum absolute atomic E-state index is 12.5. The number of alkyl halides is 3. The first-order valence-electron chi connectivity index (χ1n) is 6.97. The van der Waals surface area contributed by atoms with Crippen LogP contribution in [0.25, 0.3) is 0 Å². The van der Waals surface area contributed by atoms with Gasteiger partial charge < -0.3 is 17.0 Å². The highest BCUT2D eigenvalue weighted by molar-refractivity contribution is 5.95. The minimum absolute atomic E-state index is 0. The minimum Gasteiger partial charge on any atom is -1.00 e. The van der Waals surface area contributed by atoms with E-state index in [-0.39, 0.29) is 34.9 Å². The summed E-state index contributed by atoms with van der Waals surface area (Å²) >= 11 is 0. The van der Waals surface area contributed by atoms with Crippen LogP contribution >= 0.6 is 0 Å². The molecule has 0 bridgehead atoms. The second-order valence-corrected chi connectivity index (χ2v) is 5.46. The summed E-state index contributed by atoms with van der Waals surface area (Å²) in [4.78, 5) is 12.1. The van der Waals surface area contributed by atoms with E-state index in [9.17, 15) is 18.0 Å². The van der Waals surface area contributed by atoms with Crippen molar-refractivity contribution in [2.24, 2.45) is 0 Å². The van der Waals surface area contributed by atoms with E-state index in [4.69, 9.17) is 0 Å². The fourth-order valence-electron chi connectivity index (χ4n) is 2.06. The van der Waals surface area contributed by atoms with E-state index in [1.807, 2.05) is 12.1 Å². The summed E-state index contributed by atoms with van der Waals surface area (Å²) in [7, 11) is 0. The number of ketones is 1. The molecule has 0 spiro atoms. The highest BCUT2D eigenvalue weighted by Crippen LogP contribution is 2.29. The van der Waals surface area contributed by atoms with Crippen molar-refractivity contribution >= 4 is 5.78 Å². The highest BCUT2D eigenvalue weighted by Gasteiger charge is 2.30. The van der Waals surface area contributed by atoms with Crippen LogP contribution < -0.4 is 21.5 Å². The topological polar surface area (TPSA) is 20.9 Å². The van der Waals surface area contributed by atoms with Gasteiger partial charge in [-0.25, -0.2) is 0 Å². The van der Waals surface area contributed by atoms with Crippen LogP contribution in [0.15, 0.2) is 48.8 Å². The molecule has 6 heteroatoms. The Balaban J connectivity index is 0.00000264. The molecular weight excluding hydrogens is 371 g/mol. The Morgan fingerprint density at radius 1 is 1.04 bits per heavy atom. The summed E-state index contributed by atoms with van der Waals surface area (Å²) in [6.45, 7) is 4.25. The number of halogens is 4. The van der Waals surface area contributed by atoms with Crippen molar-refractivity contribution in [3.63, 3.8) is 0 Å². The van der Waals surface area contributed by atoms with E-state index in [0.717, 1.165) is 12.1 Å². The molecule has 1 aromatic heterocycles. The number of nitrogens with zero attached hydrogens (tertiary/aromatic N) is 1. The van der Waals surface area contributed by atoms with Crippen molar-refractivity contribution in [1.82, 2.24) is 0 Å². The molecule has 1 heterocycles. The summed E-state index contributed by atoms with van der Waals surface area (Å²) in [6, 6.07) is 8.16. The van der Waals surface area contributed by atoms with Crippen molar-refractivity contribution < 1.29 is 39.5 Å². The van der Waals surface area contributed by atoms with Gasteiger partial charge in [-0.05, 0) is 23.6 Å². The van der Waals surface area contributed by atoms with Crippen LogP contribution in [0.2, 0.25) is 0 Å². The number of Topliss-reactive ketones (excluding diaryl/α,β-unsaturated/α-hetero) is 1. The first kappa shape index (κ1) is 19.4. The predicted molar refractivity (Wildman–Crippen MR) is 76.5 cm³/mol. The van der Waals surface area contributed by atoms with Gasteiger partial charge in [-0.2, -0.15) is 17.7 Å². The van der Waals surface area contributed by atoms with E-state index in [0.29, 0.717) is 5.92 Å². The Kier molecular flexibility index (Phi) is 6.50. The molecule has 0 aliphatic heterocycles. The third-order valence-electron chi connectivity index (χ3n) is 3.44. The number of rotatable bonds is 4. The molecule has 2 aromatic rings. The lowest BCUT2D eigenvalue weighted by Crippen LogP contribution is -3.00. The molecule has 2 rings (SSSR count). The van der Waals surface area contributed by atoms with Crippen molar-refractivity contribution in [2.45, 2.75) is 32.5 Å². The number of aromatic nitrogens is 1. The smallest absolute Gasteiger partial charge is 0.416 e. The van der Waals surface area contributed by atoms with Crippen molar-refractivity contribution in [3.8, 4) is 0 Å². The van der Waals surface area contributed by atoms with Crippen LogP contribution in [-0.4, -0.2) is 5.78 Å². The predicted octanol–water partition coefficient (Wildman–Crippen LogP) is 1.00. The number of hydrogen-bond donors (Lipinski definition) is 0. The Labute approximate surface area is 143 Å². The maximum atomic E-state index is 12.5. The average Bonchev–Trinajstić information content (AvgIpc) is 2.47. The molecule has 0 saturated heterocycles. The lowest BCUT2D eigenvalue weighted by atomic mass is 10.1. The summed E-state index contributed by atoms with van der Waals surface area (Å²) in [5, 5.41) is 0. The van der Waals surface area contributed by atoms with Crippen LogP contribution in [-0.2, 0) is 12.7 Å². The van der Waals surface area contributed by atoms with Crippen LogP contribution in [0.1, 0.15) is 41.3 Å². The van der Waals surface area contributed by atoms with Crippen LogP contribution in [0, 0.1) is 0 Å². The van der Waals surface area contributed by atoms with Crippen molar-refractivity contribution in [2.75, 3.05) is 0 Å². The summed E-state index contributed by atoms with van der Waals surface area (Å²) < 4.78 is 39.2. The number of pyridine rings is 1. The maximum Gasteiger partial charge on any atom is 0.416 e. The standard InChI is InChI=1S/C17H17F3NO.BrH/c1-12(2)13-7-9-21(10-8-13)11-16(22)14-3-5-15(6-4-14)17(18,19)20;/h3-10,12H,11H2,1-2H3;1H/q+1;/p-1. The quantitative estimate of drug-likeness (QED) is 0.566. The lowest BCUT2D eigenvalue weighted by molar-refractivity contribution is -0.683. The van der Waals surface area contributed by atoms with E-state index < -0.39 is 11.7 Å². The number of carbonyl (C=O) groups is 1. The molecule has 0 amide bonds. The summed E-state index contributed by atoms with van der Waals surface area (Å²) in [5.41, 5.74) is 0.685. The first-order valence-corrected chi connectivity index (χ1v) is 6.97. The third kappa shape index (κ3) is 5.16. The first-order chi connectivity index (χ1) is 10.3. The van der Waals surface area contributed by atoms with Crippen molar-refractivity contribution in [3.05, 3.63) is 65.5 Å². The molecule has 124 valence electrons. The van der Waals surface area contributed by atoms with Gasteiger partial charge in [-0.15, -0.1) is 0 Å². The fraction of sp³-hybridized carbons (Fsp3) is 0.294. The van der Waals surface area contributed by atoms with E-state index >= 15 is 0 Å². The largest absolute Gasteiger partial charge is 1.00 e. The Morgan fingerprint density at radius 2 is 1.57 bits per heavy atom. The monoisotopic (exact) mass is 387 g/mol. The van der Waals surface area contributed by atoms with Crippen LogP contribution in [0.5, 0.6) is 0 Å². The molecule has 0 atom stereocenters. The highest BCUT2D eigenvalue weighted by atomic mass is 79.9. The molecule has 0 saturated carbocycles. The van der Waals surface area contributed by atoms with Gasteiger partial charge in [0.2, 0.25) is 12.3 Å². The number of benzene rings is 1. The van der Waals surface area contributed by atoms with Gasteiger partial charge in [-0.3, -0.25) is 4.79 Å².